The van der Waals surface area contributed by atoms with Gasteiger partial charge in [-0.3, -0.25) is 0 Å². The lowest BCUT2D eigenvalue weighted by Gasteiger charge is -2.18. The third-order valence-corrected chi connectivity index (χ3v) is 5.82. The Balaban J connectivity index is 1.51. The molecule has 20 heavy (non-hydrogen) atoms. The smallest absolute Gasteiger partial charge is 0.185 e. The summed E-state index contributed by atoms with van der Waals surface area (Å²) < 4.78 is 0. The summed E-state index contributed by atoms with van der Waals surface area (Å²) in [5.74, 6) is 0.781. The van der Waals surface area contributed by atoms with Crippen LogP contribution in [-0.4, -0.2) is 24.1 Å². The van der Waals surface area contributed by atoms with Gasteiger partial charge >= 0.3 is 0 Å². The molecule has 1 saturated heterocycles. The molecule has 0 aromatic carbocycles. The number of hydrogen-bond donors (Lipinski definition) is 1. The molecule has 0 amide bonds. The van der Waals surface area contributed by atoms with Gasteiger partial charge in [-0.05, 0) is 38.5 Å². The van der Waals surface area contributed by atoms with Crippen molar-refractivity contribution in [1.29, 1.82) is 0 Å². The van der Waals surface area contributed by atoms with Gasteiger partial charge in [-0.25, -0.2) is 4.98 Å². The largest absolute Gasteiger partial charge is 0.348 e. The fraction of sp³-hybridized carbons (Fsp3) is 0.812. The van der Waals surface area contributed by atoms with Crippen LogP contribution in [0.4, 0.5) is 5.13 Å². The first kappa shape index (κ1) is 13.1. The quantitative estimate of drug-likeness (QED) is 0.897. The van der Waals surface area contributed by atoms with Crippen LogP contribution in [0.25, 0.3) is 0 Å². The van der Waals surface area contributed by atoms with Crippen molar-refractivity contribution in [2.24, 2.45) is 0 Å². The second-order valence-corrected chi connectivity index (χ2v) is 7.70. The maximum atomic E-state index is 5.04. The summed E-state index contributed by atoms with van der Waals surface area (Å²) >= 11 is 1.97. The van der Waals surface area contributed by atoms with Gasteiger partial charge in [-0.15, -0.1) is 11.3 Å². The lowest BCUT2D eigenvalue weighted by atomic mass is 10.2. The number of anilines is 1. The van der Waals surface area contributed by atoms with Gasteiger partial charge in [0.05, 0.1) is 5.69 Å². The molecule has 0 atom stereocenters. The Labute approximate surface area is 125 Å². The molecule has 0 bridgehead atoms. The minimum Gasteiger partial charge on any atom is -0.348 e. The molecule has 3 fully saturated rings. The third kappa shape index (κ3) is 3.01. The molecule has 1 aliphatic heterocycles. The molecule has 4 heteroatoms. The molecule has 3 nitrogen and oxygen atoms in total. The molecule has 3 aliphatic rings. The zero-order valence-corrected chi connectivity index (χ0v) is 13.1. The van der Waals surface area contributed by atoms with Crippen LogP contribution in [0.2, 0.25) is 0 Å². The van der Waals surface area contributed by atoms with Crippen molar-refractivity contribution in [2.75, 3.05) is 18.0 Å². The highest BCUT2D eigenvalue weighted by molar-refractivity contribution is 7.15. The summed E-state index contributed by atoms with van der Waals surface area (Å²) in [6.07, 6.45) is 10.9. The summed E-state index contributed by atoms with van der Waals surface area (Å²) in [5, 5.41) is 4.98. The van der Waals surface area contributed by atoms with E-state index in [0.29, 0.717) is 0 Å². The van der Waals surface area contributed by atoms with Gasteiger partial charge in [0.25, 0.3) is 0 Å². The average molecular weight is 291 g/mol. The minimum atomic E-state index is 0.781. The van der Waals surface area contributed by atoms with E-state index in [-0.39, 0.29) is 0 Å². The fourth-order valence-corrected chi connectivity index (χ4v) is 4.22. The summed E-state index contributed by atoms with van der Waals surface area (Å²) in [6.45, 7) is 3.49. The van der Waals surface area contributed by atoms with Gasteiger partial charge < -0.3 is 10.2 Å². The van der Waals surface area contributed by atoms with E-state index in [4.69, 9.17) is 4.98 Å². The number of nitrogens with one attached hydrogen (secondary N) is 1. The molecule has 2 saturated carbocycles. The van der Waals surface area contributed by atoms with Crippen molar-refractivity contribution in [3.63, 3.8) is 0 Å². The van der Waals surface area contributed by atoms with Gasteiger partial charge in [-0.2, -0.15) is 0 Å². The van der Waals surface area contributed by atoms with Crippen molar-refractivity contribution in [3.05, 3.63) is 10.6 Å². The zero-order valence-electron chi connectivity index (χ0n) is 12.2. The summed E-state index contributed by atoms with van der Waals surface area (Å²) in [6, 6.07) is 0.797. The zero-order chi connectivity index (χ0) is 13.4. The van der Waals surface area contributed by atoms with Crippen LogP contribution in [-0.2, 0) is 6.54 Å². The van der Waals surface area contributed by atoms with Gasteiger partial charge in [0.2, 0.25) is 0 Å². The van der Waals surface area contributed by atoms with Crippen LogP contribution in [0, 0.1) is 0 Å². The molecule has 110 valence electrons. The summed E-state index contributed by atoms with van der Waals surface area (Å²) in [4.78, 5) is 9.11. The maximum absolute atomic E-state index is 5.04. The SMILES string of the molecule is C1CCCN(c2nc(C3CC3)c(CNC3CC3)s2)CC1. The number of rotatable bonds is 5. The monoisotopic (exact) mass is 291 g/mol. The first-order valence-electron chi connectivity index (χ1n) is 8.38. The maximum Gasteiger partial charge on any atom is 0.185 e. The van der Waals surface area contributed by atoms with E-state index in [1.54, 1.807) is 0 Å². The average Bonchev–Trinajstić information content (AvgIpc) is 3.35. The van der Waals surface area contributed by atoms with Crippen molar-refractivity contribution in [2.45, 2.75) is 69.9 Å². The Morgan fingerprint density at radius 3 is 2.45 bits per heavy atom. The lowest BCUT2D eigenvalue weighted by molar-refractivity contribution is 0.688. The third-order valence-electron chi connectivity index (χ3n) is 4.69. The first-order valence-corrected chi connectivity index (χ1v) is 9.20. The molecule has 2 aliphatic carbocycles. The van der Waals surface area contributed by atoms with Crippen LogP contribution in [0.5, 0.6) is 0 Å². The first-order chi connectivity index (χ1) is 9.90. The van der Waals surface area contributed by atoms with Crippen molar-refractivity contribution < 1.29 is 0 Å². The number of thiazole rings is 1. The molecule has 4 rings (SSSR count). The van der Waals surface area contributed by atoms with Gasteiger partial charge in [0.1, 0.15) is 0 Å². The van der Waals surface area contributed by atoms with E-state index < -0.39 is 0 Å². The topological polar surface area (TPSA) is 28.2 Å². The Morgan fingerprint density at radius 1 is 1.05 bits per heavy atom. The number of hydrogen-bond acceptors (Lipinski definition) is 4. The normalized spacial score (nSPS) is 23.9. The standard InChI is InChI=1S/C16H25N3S/c1-2-4-10-19(9-3-1)16-18-15(12-5-6-12)14(20-16)11-17-13-7-8-13/h12-13,17H,1-11H2. The molecule has 1 aromatic heterocycles. The number of aromatic nitrogens is 1. The molecule has 0 spiro atoms. The molecule has 0 radical (unpaired) electrons. The summed E-state index contributed by atoms with van der Waals surface area (Å²) in [7, 11) is 0. The van der Waals surface area contributed by atoms with Crippen LogP contribution in [0.3, 0.4) is 0 Å². The van der Waals surface area contributed by atoms with Crippen LogP contribution >= 0.6 is 11.3 Å². The molecule has 1 N–H and O–H groups in total. The highest BCUT2D eigenvalue weighted by atomic mass is 32.1. The predicted molar refractivity (Wildman–Crippen MR) is 84.6 cm³/mol. The van der Waals surface area contributed by atoms with Crippen LogP contribution < -0.4 is 10.2 Å². The van der Waals surface area contributed by atoms with Gasteiger partial charge in [0.15, 0.2) is 5.13 Å². The highest BCUT2D eigenvalue weighted by Crippen LogP contribution is 2.44. The van der Waals surface area contributed by atoms with E-state index in [9.17, 15) is 0 Å². The fourth-order valence-electron chi connectivity index (χ4n) is 3.07. The van der Waals surface area contributed by atoms with Crippen LogP contribution in [0.15, 0.2) is 0 Å². The molecule has 0 unspecified atom stereocenters. The number of nitrogens with zero attached hydrogens (tertiary/aromatic N) is 2. The van der Waals surface area contributed by atoms with E-state index in [1.807, 2.05) is 11.3 Å². The minimum absolute atomic E-state index is 0.781. The Hall–Kier alpha value is -0.610. The highest BCUT2D eigenvalue weighted by Gasteiger charge is 2.31. The lowest BCUT2D eigenvalue weighted by Crippen LogP contribution is -2.23. The Kier molecular flexibility index (Phi) is 3.69. The molecule has 2 heterocycles. The molecular weight excluding hydrogens is 266 g/mol. The van der Waals surface area contributed by atoms with Gasteiger partial charge in [-0.1, -0.05) is 12.8 Å². The van der Waals surface area contributed by atoms with Crippen molar-refractivity contribution in [3.8, 4) is 0 Å². The molecule has 1 aromatic rings. The van der Waals surface area contributed by atoms with Crippen molar-refractivity contribution >= 4 is 16.5 Å². The van der Waals surface area contributed by atoms with E-state index in [0.717, 1.165) is 18.5 Å². The van der Waals surface area contributed by atoms with E-state index >= 15 is 0 Å². The molecular formula is C16H25N3S. The van der Waals surface area contributed by atoms with Crippen LogP contribution in [0.1, 0.15) is 67.9 Å². The summed E-state index contributed by atoms with van der Waals surface area (Å²) in [5.41, 5.74) is 1.43. The second-order valence-electron chi connectivity index (χ2n) is 6.64. The van der Waals surface area contributed by atoms with E-state index in [2.05, 4.69) is 10.2 Å². The predicted octanol–water partition coefficient (Wildman–Crippen LogP) is 3.65. The second kappa shape index (κ2) is 5.64. The van der Waals surface area contributed by atoms with E-state index in [1.165, 1.54) is 80.2 Å². The Morgan fingerprint density at radius 2 is 1.80 bits per heavy atom. The van der Waals surface area contributed by atoms with Gasteiger partial charge in [0, 0.05) is 36.5 Å². The Bertz CT molecular complexity index is 454. The van der Waals surface area contributed by atoms with Crippen molar-refractivity contribution in [1.82, 2.24) is 10.3 Å².